The maximum Gasteiger partial charge on any atom is 0.255 e. The van der Waals surface area contributed by atoms with Crippen LogP contribution < -0.4 is 10.6 Å². The van der Waals surface area contributed by atoms with Gasteiger partial charge in [-0.15, -0.1) is 0 Å². The molecule has 2 aliphatic rings. The monoisotopic (exact) mass is 518 g/mol. The van der Waals surface area contributed by atoms with Crippen LogP contribution in [0.2, 0.25) is 10.0 Å². The zero-order valence-corrected chi connectivity index (χ0v) is 21.0. The zero-order chi connectivity index (χ0) is 25.1. The van der Waals surface area contributed by atoms with Crippen molar-refractivity contribution in [1.82, 2.24) is 5.32 Å². The van der Waals surface area contributed by atoms with Gasteiger partial charge < -0.3 is 10.6 Å². The summed E-state index contributed by atoms with van der Waals surface area (Å²) >= 11 is 12.8. The minimum atomic E-state index is -0.286. The van der Waals surface area contributed by atoms with Crippen LogP contribution in [0.15, 0.2) is 70.6 Å². The van der Waals surface area contributed by atoms with Crippen LogP contribution >= 0.6 is 23.2 Å². The molecule has 3 aromatic carbocycles. The van der Waals surface area contributed by atoms with Crippen LogP contribution in [0, 0.1) is 0 Å². The van der Waals surface area contributed by atoms with Gasteiger partial charge in [0.1, 0.15) is 5.84 Å². The molecule has 0 aliphatic carbocycles. The van der Waals surface area contributed by atoms with Crippen molar-refractivity contribution < 1.29 is 9.59 Å². The van der Waals surface area contributed by atoms with Crippen molar-refractivity contribution in [2.75, 3.05) is 25.0 Å². The number of Topliss-reactive ketones (excluding diaryl/α,β-unsaturated/α-hetero) is 1. The first-order valence-corrected chi connectivity index (χ1v) is 12.6. The van der Waals surface area contributed by atoms with E-state index < -0.39 is 0 Å². The number of ketones is 1. The number of amidine groups is 1. The smallest absolute Gasteiger partial charge is 0.255 e. The third kappa shape index (κ3) is 5.35. The van der Waals surface area contributed by atoms with Crippen LogP contribution in [0.1, 0.15) is 50.2 Å². The lowest BCUT2D eigenvalue weighted by Crippen LogP contribution is -2.20. The molecule has 2 heterocycles. The van der Waals surface area contributed by atoms with E-state index in [0.29, 0.717) is 26.9 Å². The highest BCUT2D eigenvalue weighted by atomic mass is 35.5. The molecule has 36 heavy (non-hydrogen) atoms. The Labute approximate surface area is 219 Å². The van der Waals surface area contributed by atoms with E-state index in [2.05, 4.69) is 20.6 Å². The van der Waals surface area contributed by atoms with Crippen molar-refractivity contribution in [2.24, 2.45) is 9.98 Å². The van der Waals surface area contributed by atoms with Crippen molar-refractivity contribution in [3.63, 3.8) is 0 Å². The van der Waals surface area contributed by atoms with Crippen LogP contribution in [-0.4, -0.2) is 42.9 Å². The average Bonchev–Trinajstić information content (AvgIpc) is 3.59. The molecule has 1 amide bonds. The second-order valence-corrected chi connectivity index (χ2v) is 9.54. The van der Waals surface area contributed by atoms with Crippen molar-refractivity contribution in [1.29, 1.82) is 0 Å². The Morgan fingerprint density at radius 2 is 1.61 bits per heavy atom. The number of aliphatic imine (C=N–C) groups is 2. The normalized spacial score (nSPS) is 14.7. The number of rotatable bonds is 7. The third-order valence-corrected chi connectivity index (χ3v) is 6.83. The average molecular weight is 519 g/mol. The zero-order valence-electron chi connectivity index (χ0n) is 19.5. The van der Waals surface area contributed by atoms with Crippen LogP contribution in [0.5, 0.6) is 0 Å². The molecule has 5 rings (SSSR count). The van der Waals surface area contributed by atoms with Gasteiger partial charge in [-0.2, -0.15) is 0 Å². The lowest BCUT2D eigenvalue weighted by molar-refractivity contribution is 0.0989. The quantitative estimate of drug-likeness (QED) is 0.399. The molecule has 0 saturated heterocycles. The summed E-state index contributed by atoms with van der Waals surface area (Å²) in [6, 6.07) is 17.6. The van der Waals surface area contributed by atoms with E-state index in [1.165, 1.54) is 0 Å². The number of anilines is 1. The summed E-state index contributed by atoms with van der Waals surface area (Å²) in [5.74, 6) is 0.431. The Balaban J connectivity index is 1.22. The van der Waals surface area contributed by atoms with Gasteiger partial charge in [0, 0.05) is 58.2 Å². The summed E-state index contributed by atoms with van der Waals surface area (Å²) in [4.78, 5) is 34.4. The van der Waals surface area contributed by atoms with Gasteiger partial charge in [0.2, 0.25) is 0 Å². The lowest BCUT2D eigenvalue weighted by Gasteiger charge is -2.10. The molecule has 2 aliphatic heterocycles. The number of hydrogen-bond acceptors (Lipinski definition) is 5. The van der Waals surface area contributed by atoms with E-state index in [1.54, 1.807) is 36.4 Å². The number of carbonyl (C=O) groups is 2. The summed E-state index contributed by atoms with van der Waals surface area (Å²) in [5, 5.41) is 7.16. The van der Waals surface area contributed by atoms with Gasteiger partial charge >= 0.3 is 0 Å². The molecule has 0 aromatic heterocycles. The molecule has 8 heteroatoms. The Bertz CT molecular complexity index is 1290. The SMILES string of the molecule is O=C(Cc1ccc(C2=NCCC2)c(Cl)c1)c1ccc(C(=O)Nc2ccc(C3=NCCN3)c(Cl)c2)cc1. The second-order valence-electron chi connectivity index (χ2n) is 8.73. The van der Waals surface area contributed by atoms with Gasteiger partial charge in [-0.1, -0.05) is 47.5 Å². The third-order valence-electron chi connectivity index (χ3n) is 6.21. The van der Waals surface area contributed by atoms with E-state index in [-0.39, 0.29) is 18.1 Å². The predicted octanol–water partition coefficient (Wildman–Crippen LogP) is 5.60. The Hall–Kier alpha value is -3.48. The summed E-state index contributed by atoms with van der Waals surface area (Å²) in [6.45, 7) is 2.35. The fraction of sp³-hybridized carbons (Fsp3) is 0.214. The summed E-state index contributed by atoms with van der Waals surface area (Å²) in [7, 11) is 0. The van der Waals surface area contributed by atoms with Crippen LogP contribution in [0.25, 0.3) is 0 Å². The Kier molecular flexibility index (Phi) is 7.16. The fourth-order valence-electron chi connectivity index (χ4n) is 4.32. The molecule has 0 radical (unpaired) electrons. The molecule has 182 valence electrons. The first-order chi connectivity index (χ1) is 17.5. The maximum absolute atomic E-state index is 12.8. The topological polar surface area (TPSA) is 82.9 Å². The highest BCUT2D eigenvalue weighted by Crippen LogP contribution is 2.25. The first kappa shape index (κ1) is 24.2. The van der Waals surface area contributed by atoms with Crippen LogP contribution in [-0.2, 0) is 6.42 Å². The maximum atomic E-state index is 12.8. The first-order valence-electron chi connectivity index (χ1n) is 11.8. The highest BCUT2D eigenvalue weighted by molar-refractivity contribution is 6.35. The minimum Gasteiger partial charge on any atom is -0.368 e. The molecular weight excluding hydrogens is 495 g/mol. The summed E-state index contributed by atoms with van der Waals surface area (Å²) in [6.07, 6.45) is 2.21. The molecule has 0 spiro atoms. The van der Waals surface area contributed by atoms with Crippen LogP contribution in [0.3, 0.4) is 0 Å². The molecule has 6 nitrogen and oxygen atoms in total. The predicted molar refractivity (Wildman–Crippen MR) is 145 cm³/mol. The molecule has 3 aromatic rings. The van der Waals surface area contributed by atoms with Crippen molar-refractivity contribution in [2.45, 2.75) is 19.3 Å². The van der Waals surface area contributed by atoms with Crippen molar-refractivity contribution in [3.8, 4) is 0 Å². The van der Waals surface area contributed by atoms with Crippen molar-refractivity contribution >= 4 is 52.1 Å². The number of hydrogen-bond donors (Lipinski definition) is 2. The van der Waals surface area contributed by atoms with Gasteiger partial charge in [0.15, 0.2) is 5.78 Å². The molecule has 0 unspecified atom stereocenters. The number of nitrogens with zero attached hydrogens (tertiary/aromatic N) is 2. The fourth-order valence-corrected chi connectivity index (χ4v) is 4.91. The number of carbonyl (C=O) groups excluding carboxylic acids is 2. The molecule has 0 atom stereocenters. The van der Waals surface area contributed by atoms with Gasteiger partial charge in [0.05, 0.1) is 11.6 Å². The molecule has 0 bridgehead atoms. The number of amides is 1. The number of benzene rings is 3. The summed E-state index contributed by atoms with van der Waals surface area (Å²) in [5.41, 5.74) is 5.18. The van der Waals surface area contributed by atoms with E-state index in [1.807, 2.05) is 24.3 Å². The molecule has 2 N–H and O–H groups in total. The van der Waals surface area contributed by atoms with Crippen LogP contribution in [0.4, 0.5) is 5.69 Å². The van der Waals surface area contributed by atoms with E-state index in [9.17, 15) is 9.59 Å². The van der Waals surface area contributed by atoms with E-state index in [0.717, 1.165) is 60.7 Å². The number of halogens is 2. The summed E-state index contributed by atoms with van der Waals surface area (Å²) < 4.78 is 0. The number of nitrogens with one attached hydrogen (secondary N) is 2. The van der Waals surface area contributed by atoms with E-state index >= 15 is 0 Å². The standard InChI is InChI=1S/C28H24Cl2N4O2/c29-23-14-17(3-9-21(23)25-2-1-11-31-25)15-26(35)18-4-6-19(7-5-18)28(36)34-20-8-10-22(24(30)16-20)27-32-12-13-33-27/h3-10,14,16H,1-2,11-13,15H2,(H,32,33)(H,34,36). The lowest BCUT2D eigenvalue weighted by atomic mass is 9.99. The molecule has 0 saturated carbocycles. The van der Waals surface area contributed by atoms with Gasteiger partial charge in [-0.3, -0.25) is 19.6 Å². The minimum absolute atomic E-state index is 0.0465. The van der Waals surface area contributed by atoms with E-state index in [4.69, 9.17) is 23.2 Å². The largest absolute Gasteiger partial charge is 0.368 e. The Morgan fingerprint density at radius 3 is 2.28 bits per heavy atom. The van der Waals surface area contributed by atoms with Gasteiger partial charge in [-0.05, 0) is 54.8 Å². The Morgan fingerprint density at radius 1 is 0.861 bits per heavy atom. The second kappa shape index (κ2) is 10.6. The molecule has 0 fully saturated rings. The van der Waals surface area contributed by atoms with Gasteiger partial charge in [-0.25, -0.2) is 0 Å². The molecular formula is C28H24Cl2N4O2. The van der Waals surface area contributed by atoms with Crippen molar-refractivity contribution in [3.05, 3.63) is 98.5 Å². The van der Waals surface area contributed by atoms with Gasteiger partial charge in [0.25, 0.3) is 5.91 Å². The highest BCUT2D eigenvalue weighted by Gasteiger charge is 2.16.